The van der Waals surface area contributed by atoms with Gasteiger partial charge in [-0.25, -0.2) is 4.79 Å². The van der Waals surface area contributed by atoms with Crippen molar-refractivity contribution in [3.05, 3.63) is 149 Å². The number of nitrogens with zero attached hydrogens (tertiary/aromatic N) is 3. The van der Waals surface area contributed by atoms with Crippen LogP contribution >= 0.6 is 0 Å². The monoisotopic (exact) mass is 682 g/mol. The van der Waals surface area contributed by atoms with Crippen molar-refractivity contribution in [3.63, 3.8) is 0 Å². The first kappa shape index (κ1) is 34.3. The van der Waals surface area contributed by atoms with Crippen molar-refractivity contribution in [2.24, 2.45) is 17.9 Å². The third-order valence-corrected chi connectivity index (χ3v) is 11.7. The van der Waals surface area contributed by atoms with Crippen LogP contribution in [0.4, 0.5) is 0 Å². The molecule has 1 saturated carbocycles. The number of hydrogen-bond donors (Lipinski definition) is 3. The van der Waals surface area contributed by atoms with Gasteiger partial charge in [-0.1, -0.05) is 85.8 Å². The van der Waals surface area contributed by atoms with Gasteiger partial charge in [0.05, 0.1) is 5.69 Å². The summed E-state index contributed by atoms with van der Waals surface area (Å²) in [4.78, 5) is 32.3. The number of benzene rings is 3. The van der Waals surface area contributed by atoms with Gasteiger partial charge in [0.2, 0.25) is 0 Å². The van der Waals surface area contributed by atoms with E-state index >= 15 is 0 Å². The molecule has 7 rings (SSSR count). The zero-order chi connectivity index (χ0) is 35.9. The summed E-state index contributed by atoms with van der Waals surface area (Å²) in [6, 6.07) is 29.9. The number of aromatic amines is 1. The van der Waals surface area contributed by atoms with E-state index in [9.17, 15) is 19.8 Å². The van der Waals surface area contributed by atoms with Gasteiger partial charge < -0.3 is 19.8 Å². The number of carboxylic acids is 1. The lowest BCUT2D eigenvalue weighted by atomic mass is 9.66. The predicted molar refractivity (Wildman–Crippen MR) is 203 cm³/mol. The summed E-state index contributed by atoms with van der Waals surface area (Å²) in [5, 5.41) is 21.2. The molecule has 3 N–H and O–H groups in total. The summed E-state index contributed by atoms with van der Waals surface area (Å²) >= 11 is 0. The lowest BCUT2D eigenvalue weighted by Crippen LogP contribution is -2.49. The molecule has 0 spiro atoms. The average molecular weight is 683 g/mol. The van der Waals surface area contributed by atoms with Gasteiger partial charge in [0.25, 0.3) is 5.56 Å². The summed E-state index contributed by atoms with van der Waals surface area (Å²) in [5.74, 6) is -1.93. The second kappa shape index (κ2) is 13.5. The zero-order valence-corrected chi connectivity index (χ0v) is 29.4. The molecule has 1 aliphatic carbocycles. The Morgan fingerprint density at radius 2 is 1.65 bits per heavy atom. The van der Waals surface area contributed by atoms with Crippen molar-refractivity contribution >= 4 is 16.9 Å². The number of aromatic hydroxyl groups is 1. The molecule has 5 aromatic rings. The molecule has 3 atom stereocenters. The van der Waals surface area contributed by atoms with Crippen LogP contribution in [0.3, 0.4) is 0 Å². The number of carboxylic acid groups (broad SMARTS) is 1. The Balaban J connectivity index is 1.20. The molecule has 51 heavy (non-hydrogen) atoms. The van der Waals surface area contributed by atoms with E-state index in [1.807, 2.05) is 25.1 Å². The molecule has 2 aliphatic rings. The number of pyridine rings is 1. The fourth-order valence-corrected chi connectivity index (χ4v) is 9.18. The number of fused-ring (bicyclic) bond motifs is 2. The smallest absolute Gasteiger partial charge is 0.345 e. The lowest BCUT2D eigenvalue weighted by molar-refractivity contribution is 0.0691. The van der Waals surface area contributed by atoms with Crippen molar-refractivity contribution in [2.75, 3.05) is 13.1 Å². The molecule has 1 aliphatic heterocycles. The first-order valence-corrected chi connectivity index (χ1v) is 17.7. The summed E-state index contributed by atoms with van der Waals surface area (Å²) in [6.45, 7) is 15.0. The first-order chi connectivity index (χ1) is 24.6. The van der Waals surface area contributed by atoms with Crippen LogP contribution in [0.5, 0.6) is 5.75 Å². The molecule has 0 bridgehead atoms. The SMILES string of the molecule is C=CC12CCC(N(Cc3ccccc3)Cc3ccccc3)C1(C=C)CN(Cc1cc3cc(-c4[nH]c(=O)c(C(=O)O)c(O)c4CC)ccc3n1C)C2. The number of aromatic nitrogens is 2. The van der Waals surface area contributed by atoms with Crippen LogP contribution < -0.4 is 5.56 Å². The van der Waals surface area contributed by atoms with Gasteiger partial charge in [0, 0.05) is 78.8 Å². The molecular weight excluding hydrogens is 636 g/mol. The van der Waals surface area contributed by atoms with Crippen molar-refractivity contribution in [2.45, 2.75) is 51.9 Å². The largest absolute Gasteiger partial charge is 0.506 e. The summed E-state index contributed by atoms with van der Waals surface area (Å²) in [5.41, 5.74) is 4.64. The van der Waals surface area contributed by atoms with Gasteiger partial charge in [-0.05, 0) is 54.2 Å². The number of likely N-dealkylation sites (tertiary alicyclic amines) is 1. The van der Waals surface area contributed by atoms with Gasteiger partial charge in [0.1, 0.15) is 5.75 Å². The maximum absolute atomic E-state index is 12.7. The van der Waals surface area contributed by atoms with Gasteiger partial charge in [0.15, 0.2) is 5.56 Å². The number of rotatable bonds is 12. The summed E-state index contributed by atoms with van der Waals surface area (Å²) in [6.07, 6.45) is 6.93. The topological polar surface area (TPSA) is 102 Å². The number of aromatic carboxylic acids is 1. The van der Waals surface area contributed by atoms with Crippen molar-refractivity contribution in [3.8, 4) is 17.0 Å². The highest BCUT2D eigenvalue weighted by Gasteiger charge is 2.63. The fraction of sp³-hybridized carbons (Fsp3) is 0.302. The van der Waals surface area contributed by atoms with Gasteiger partial charge >= 0.3 is 5.97 Å². The minimum Gasteiger partial charge on any atom is -0.506 e. The Bertz CT molecular complexity index is 2130. The van der Waals surface area contributed by atoms with Crippen molar-refractivity contribution in [1.29, 1.82) is 0 Å². The van der Waals surface area contributed by atoms with E-state index in [-0.39, 0.29) is 16.9 Å². The number of carbonyl (C=O) groups is 1. The quantitative estimate of drug-likeness (QED) is 0.118. The third kappa shape index (κ3) is 5.82. The minimum atomic E-state index is -1.45. The van der Waals surface area contributed by atoms with Crippen molar-refractivity contribution < 1.29 is 15.0 Å². The van der Waals surface area contributed by atoms with E-state index in [1.165, 1.54) is 11.1 Å². The molecule has 262 valence electrons. The molecule has 8 heteroatoms. The van der Waals surface area contributed by atoms with E-state index in [4.69, 9.17) is 0 Å². The number of H-pyrrole nitrogens is 1. The lowest BCUT2D eigenvalue weighted by Gasteiger charge is -2.44. The number of hydrogen-bond acceptors (Lipinski definition) is 5. The maximum atomic E-state index is 12.7. The van der Waals surface area contributed by atoms with E-state index < -0.39 is 22.8 Å². The number of nitrogens with one attached hydrogen (secondary N) is 1. The standard InChI is InChI=1S/C43H46N4O4/c1-5-34-38(44-40(49)37(39(34)48)41(50)51)31-18-19-35-32(22-31)23-33(45(35)4)26-46-27-42(6-2)21-20-36(43(42,7-3)28-46)47(24-29-14-10-8-11-15-29)25-30-16-12-9-13-17-30/h6-19,22-23,36H,2-3,5,20-21,24-28H2,1,4H3,(H,50,51)(H2,44,48,49). The molecule has 3 heterocycles. The van der Waals surface area contributed by atoms with Gasteiger partial charge in [-0.15, -0.1) is 13.2 Å². The first-order valence-electron chi connectivity index (χ1n) is 17.7. The molecule has 2 aromatic heterocycles. The van der Waals surface area contributed by atoms with E-state index in [1.54, 1.807) is 0 Å². The van der Waals surface area contributed by atoms with Crippen LogP contribution in [-0.2, 0) is 33.1 Å². The van der Waals surface area contributed by atoms with Gasteiger partial charge in [-0.2, -0.15) is 0 Å². The molecule has 3 unspecified atom stereocenters. The second-order valence-electron chi connectivity index (χ2n) is 14.3. The molecule has 1 saturated heterocycles. The normalized spacial score (nSPS) is 21.7. The Labute approximate surface area is 299 Å². The summed E-state index contributed by atoms with van der Waals surface area (Å²) in [7, 11) is 2.08. The van der Waals surface area contributed by atoms with Crippen LogP contribution in [0, 0.1) is 10.8 Å². The summed E-state index contributed by atoms with van der Waals surface area (Å²) < 4.78 is 2.22. The molecule has 3 aromatic carbocycles. The van der Waals surface area contributed by atoms with Crippen LogP contribution in [0.1, 0.15) is 52.5 Å². The Hall–Kier alpha value is -5.18. The Kier molecular flexibility index (Phi) is 9.08. The van der Waals surface area contributed by atoms with Crippen LogP contribution in [0.15, 0.2) is 115 Å². The Morgan fingerprint density at radius 3 is 2.24 bits per heavy atom. The van der Waals surface area contributed by atoms with E-state index in [0.717, 1.165) is 62.2 Å². The van der Waals surface area contributed by atoms with E-state index in [0.29, 0.717) is 23.2 Å². The van der Waals surface area contributed by atoms with Gasteiger partial charge in [-0.3, -0.25) is 14.6 Å². The Morgan fingerprint density at radius 1 is 0.980 bits per heavy atom. The number of aryl methyl sites for hydroxylation is 1. The second-order valence-corrected chi connectivity index (χ2v) is 14.3. The van der Waals surface area contributed by atoms with Crippen LogP contribution in [0.25, 0.3) is 22.2 Å². The predicted octanol–water partition coefficient (Wildman–Crippen LogP) is 7.53. The molecular formula is C43H46N4O4. The highest BCUT2D eigenvalue weighted by Crippen LogP contribution is 2.61. The fourth-order valence-electron chi connectivity index (χ4n) is 9.18. The molecule has 2 fully saturated rings. The van der Waals surface area contributed by atoms with Crippen molar-refractivity contribution in [1.82, 2.24) is 19.4 Å². The van der Waals surface area contributed by atoms with Crippen LogP contribution in [-0.4, -0.2) is 54.7 Å². The minimum absolute atomic E-state index is 0.102. The highest BCUT2D eigenvalue weighted by atomic mass is 16.4. The highest BCUT2D eigenvalue weighted by molar-refractivity contribution is 5.92. The third-order valence-electron chi connectivity index (χ3n) is 11.7. The molecule has 8 nitrogen and oxygen atoms in total. The van der Waals surface area contributed by atoms with Crippen LogP contribution in [0.2, 0.25) is 0 Å². The van der Waals surface area contributed by atoms with E-state index in [2.05, 4.69) is 118 Å². The average Bonchev–Trinajstić information content (AvgIpc) is 3.73. The molecule has 0 radical (unpaired) electrons. The zero-order valence-electron chi connectivity index (χ0n) is 29.4. The molecule has 0 amide bonds. The maximum Gasteiger partial charge on any atom is 0.345 e.